The van der Waals surface area contributed by atoms with Gasteiger partial charge in [0, 0.05) is 31.0 Å². The second kappa shape index (κ2) is 10.1. The van der Waals surface area contributed by atoms with Crippen LogP contribution in [-0.4, -0.2) is 34.6 Å². The average molecular weight is 507 g/mol. The Balaban J connectivity index is 1.46. The molecule has 0 radical (unpaired) electrons. The molecule has 0 saturated carbocycles. The molecule has 0 fully saturated rings. The van der Waals surface area contributed by atoms with Crippen molar-refractivity contribution in [3.8, 4) is 11.5 Å². The molecule has 11 heteroatoms. The van der Waals surface area contributed by atoms with Crippen molar-refractivity contribution in [2.45, 2.75) is 25.4 Å². The third-order valence-corrected chi connectivity index (χ3v) is 5.87. The van der Waals surface area contributed by atoms with Crippen LogP contribution < -0.4 is 15.4 Å². The lowest BCUT2D eigenvalue weighted by atomic mass is 10.00. The number of urea groups is 1. The van der Waals surface area contributed by atoms with Crippen LogP contribution in [-0.2, 0) is 19.1 Å². The van der Waals surface area contributed by atoms with Crippen molar-refractivity contribution in [2.75, 3.05) is 18.9 Å². The Bertz CT molecular complexity index is 1240. The highest BCUT2D eigenvalue weighted by Crippen LogP contribution is 2.36. The molecule has 1 aliphatic heterocycles. The maximum Gasteiger partial charge on any atom is 0.417 e. The molecule has 0 aliphatic carbocycles. The van der Waals surface area contributed by atoms with Crippen LogP contribution in [0.4, 0.5) is 23.7 Å². The Hall–Kier alpha value is -3.34. The van der Waals surface area contributed by atoms with Crippen LogP contribution >= 0.6 is 11.6 Å². The Morgan fingerprint density at radius 3 is 2.66 bits per heavy atom. The second-order valence-corrected chi connectivity index (χ2v) is 8.34. The molecule has 1 unspecified atom stereocenters. The number of benzene rings is 2. The van der Waals surface area contributed by atoms with E-state index in [1.807, 2.05) is 18.2 Å². The maximum atomic E-state index is 13.1. The minimum absolute atomic E-state index is 0.00635. The number of aliphatic hydroxyl groups excluding tert-OH is 1. The van der Waals surface area contributed by atoms with Crippen LogP contribution in [0.25, 0.3) is 0 Å². The topological polar surface area (TPSA) is 86.7 Å². The number of alkyl halides is 3. The van der Waals surface area contributed by atoms with Gasteiger partial charge in [-0.1, -0.05) is 17.7 Å². The summed E-state index contributed by atoms with van der Waals surface area (Å²) in [6.45, 7) is 0.673. The summed E-state index contributed by atoms with van der Waals surface area (Å²) < 4.78 is 45.3. The number of aliphatic hydroxyl groups is 1. The Kier molecular flexibility index (Phi) is 7.15. The van der Waals surface area contributed by atoms with Gasteiger partial charge >= 0.3 is 12.2 Å². The van der Waals surface area contributed by atoms with Gasteiger partial charge in [-0.3, -0.25) is 10.3 Å². The van der Waals surface area contributed by atoms with Crippen molar-refractivity contribution in [1.82, 2.24) is 15.2 Å². The van der Waals surface area contributed by atoms with Crippen LogP contribution in [0, 0.1) is 0 Å². The predicted molar refractivity (Wildman–Crippen MR) is 124 cm³/mol. The van der Waals surface area contributed by atoms with Crippen LogP contribution in [0.2, 0.25) is 5.02 Å². The summed E-state index contributed by atoms with van der Waals surface area (Å²) in [5, 5.41) is 14.7. The number of hydrogen-bond donors (Lipinski definition) is 3. The second-order valence-electron chi connectivity index (χ2n) is 7.93. The van der Waals surface area contributed by atoms with E-state index in [1.54, 1.807) is 19.2 Å². The van der Waals surface area contributed by atoms with Crippen molar-refractivity contribution in [2.24, 2.45) is 0 Å². The third-order valence-electron chi connectivity index (χ3n) is 5.54. The fourth-order valence-electron chi connectivity index (χ4n) is 3.72. The Morgan fingerprint density at radius 1 is 1.14 bits per heavy atom. The van der Waals surface area contributed by atoms with E-state index in [1.165, 1.54) is 17.2 Å². The fraction of sp³-hybridized carbons (Fsp3) is 0.250. The van der Waals surface area contributed by atoms with E-state index >= 15 is 0 Å². The molecule has 0 spiro atoms. The number of anilines is 1. The number of amides is 2. The standard InChI is InChI=1S/C24H22ClF3N4O3/c1-29-22(33)21-12-18(6-8-30-21)35-17-4-2-14-7-9-32(13-15(14)10-17)23(34)31-16-3-5-20(25)19(11-16)24(26,27)28/h2-6,8,10-12,22,29,33H,7,9,13H2,1H3,(H,31,34). The molecule has 1 atom stereocenters. The van der Waals surface area contributed by atoms with Gasteiger partial charge in [-0.25, -0.2) is 4.79 Å². The van der Waals surface area contributed by atoms with Gasteiger partial charge in [-0.2, -0.15) is 13.2 Å². The number of carbonyl (C=O) groups is 1. The lowest BCUT2D eigenvalue weighted by Crippen LogP contribution is -2.38. The smallest absolute Gasteiger partial charge is 0.417 e. The van der Waals surface area contributed by atoms with Crippen LogP contribution in [0.15, 0.2) is 54.7 Å². The number of halogens is 4. The first-order chi connectivity index (χ1) is 16.6. The molecule has 2 heterocycles. The molecule has 35 heavy (non-hydrogen) atoms. The highest BCUT2D eigenvalue weighted by Gasteiger charge is 2.33. The molecule has 4 rings (SSSR count). The van der Waals surface area contributed by atoms with Crippen molar-refractivity contribution in [1.29, 1.82) is 0 Å². The Morgan fingerprint density at radius 2 is 1.91 bits per heavy atom. The molecule has 3 aromatic rings. The Labute approximate surface area is 204 Å². The van der Waals surface area contributed by atoms with Crippen molar-refractivity contribution < 1.29 is 27.8 Å². The molecule has 3 N–H and O–H groups in total. The van der Waals surface area contributed by atoms with Crippen LogP contribution in [0.3, 0.4) is 0 Å². The average Bonchev–Trinajstić information content (AvgIpc) is 2.83. The van der Waals surface area contributed by atoms with E-state index in [0.717, 1.165) is 23.3 Å². The summed E-state index contributed by atoms with van der Waals surface area (Å²) in [7, 11) is 1.60. The SMILES string of the molecule is CNC(O)c1cc(Oc2ccc3c(c2)CN(C(=O)Nc2ccc(Cl)c(C(F)(F)F)c2)CC3)ccn1. The van der Waals surface area contributed by atoms with Crippen molar-refractivity contribution in [3.63, 3.8) is 0 Å². The highest BCUT2D eigenvalue weighted by molar-refractivity contribution is 6.31. The van der Waals surface area contributed by atoms with E-state index in [-0.39, 0.29) is 12.2 Å². The number of nitrogens with zero attached hydrogens (tertiary/aromatic N) is 2. The lowest BCUT2D eigenvalue weighted by molar-refractivity contribution is -0.137. The molecule has 2 aromatic carbocycles. The summed E-state index contributed by atoms with van der Waals surface area (Å²) >= 11 is 5.65. The molecule has 0 saturated heterocycles. The van der Waals surface area contributed by atoms with E-state index < -0.39 is 29.0 Å². The molecule has 2 amide bonds. The van der Waals surface area contributed by atoms with E-state index in [9.17, 15) is 23.1 Å². The van der Waals surface area contributed by atoms with Gasteiger partial charge in [0.2, 0.25) is 0 Å². The molecule has 184 valence electrons. The maximum absolute atomic E-state index is 13.1. The molecular weight excluding hydrogens is 485 g/mol. The quantitative estimate of drug-likeness (QED) is 0.406. The first-order valence-corrected chi connectivity index (χ1v) is 11.1. The van der Waals surface area contributed by atoms with E-state index in [2.05, 4.69) is 15.6 Å². The summed E-state index contributed by atoms with van der Waals surface area (Å²) in [5.74, 6) is 1.02. The molecule has 1 aliphatic rings. The molecule has 0 bridgehead atoms. The zero-order valence-corrected chi connectivity index (χ0v) is 19.3. The number of pyridine rings is 1. The first-order valence-electron chi connectivity index (χ1n) is 10.7. The molecule has 7 nitrogen and oxygen atoms in total. The molecule has 1 aromatic heterocycles. The first kappa shape index (κ1) is 24.8. The summed E-state index contributed by atoms with van der Waals surface area (Å²) in [6, 6.07) is 11.5. The minimum atomic E-state index is -4.63. The van der Waals surface area contributed by atoms with Crippen molar-refractivity contribution >= 4 is 23.3 Å². The van der Waals surface area contributed by atoms with Gasteiger partial charge in [0.25, 0.3) is 0 Å². The number of fused-ring (bicyclic) bond motifs is 1. The number of aromatic nitrogens is 1. The predicted octanol–water partition coefficient (Wildman–Crippen LogP) is 5.35. The van der Waals surface area contributed by atoms with Gasteiger partial charge in [0.1, 0.15) is 17.7 Å². The number of nitrogens with one attached hydrogen (secondary N) is 2. The van der Waals surface area contributed by atoms with Gasteiger partial charge in [0.15, 0.2) is 0 Å². The van der Waals surface area contributed by atoms with Crippen LogP contribution in [0.1, 0.15) is 28.6 Å². The zero-order chi connectivity index (χ0) is 25.2. The summed E-state index contributed by atoms with van der Waals surface area (Å²) in [5.41, 5.74) is 1.31. The number of hydrogen-bond acceptors (Lipinski definition) is 5. The number of rotatable bonds is 5. The minimum Gasteiger partial charge on any atom is -0.457 e. The van der Waals surface area contributed by atoms with E-state index in [0.29, 0.717) is 30.2 Å². The number of ether oxygens (including phenoxy) is 1. The van der Waals surface area contributed by atoms with Gasteiger partial charge in [-0.05, 0) is 61.0 Å². The highest BCUT2D eigenvalue weighted by atomic mass is 35.5. The lowest BCUT2D eigenvalue weighted by Gasteiger charge is -2.29. The summed E-state index contributed by atoms with van der Waals surface area (Å²) in [4.78, 5) is 18.4. The third kappa shape index (κ3) is 5.84. The van der Waals surface area contributed by atoms with Gasteiger partial charge in [0.05, 0.1) is 16.3 Å². The largest absolute Gasteiger partial charge is 0.457 e. The van der Waals surface area contributed by atoms with E-state index in [4.69, 9.17) is 16.3 Å². The fourth-order valence-corrected chi connectivity index (χ4v) is 3.94. The van der Waals surface area contributed by atoms with Gasteiger partial charge in [-0.15, -0.1) is 0 Å². The summed E-state index contributed by atoms with van der Waals surface area (Å²) in [6.07, 6.45) is -3.44. The van der Waals surface area contributed by atoms with Crippen LogP contribution in [0.5, 0.6) is 11.5 Å². The molecular formula is C24H22ClF3N4O3. The van der Waals surface area contributed by atoms with Crippen molar-refractivity contribution in [3.05, 3.63) is 82.1 Å². The number of carbonyl (C=O) groups excluding carboxylic acids is 1. The normalized spacial score (nSPS) is 14.3. The monoisotopic (exact) mass is 506 g/mol. The zero-order valence-electron chi connectivity index (χ0n) is 18.6. The van der Waals surface area contributed by atoms with Gasteiger partial charge < -0.3 is 20.1 Å².